The van der Waals surface area contributed by atoms with Gasteiger partial charge in [0.25, 0.3) is 11.5 Å². The first-order valence-corrected chi connectivity index (χ1v) is 10.7. The van der Waals surface area contributed by atoms with Crippen molar-refractivity contribution in [3.8, 4) is 0 Å². The smallest absolute Gasteiger partial charge is 0.257 e. The number of pyridine rings is 1. The molecular weight excluding hydrogens is 418 g/mol. The van der Waals surface area contributed by atoms with Crippen molar-refractivity contribution in [2.75, 3.05) is 5.32 Å². The van der Waals surface area contributed by atoms with Gasteiger partial charge in [0.2, 0.25) is 5.91 Å². The van der Waals surface area contributed by atoms with Crippen LogP contribution in [0.4, 0.5) is 5.69 Å². The maximum absolute atomic E-state index is 12.8. The first kappa shape index (κ1) is 22.0. The van der Waals surface area contributed by atoms with Crippen LogP contribution in [-0.2, 0) is 24.4 Å². The highest BCUT2D eigenvalue weighted by Gasteiger charge is 2.12. The number of carbonyl (C=O) groups excluding carboxylic acids is 2. The largest absolute Gasteiger partial charge is 0.350 e. The van der Waals surface area contributed by atoms with Crippen LogP contribution in [0.1, 0.15) is 28.7 Å². The highest BCUT2D eigenvalue weighted by molar-refractivity contribution is 6.04. The van der Waals surface area contributed by atoms with E-state index in [2.05, 4.69) is 27.1 Å². The Labute approximate surface area is 190 Å². The molecule has 0 fully saturated rings. The lowest BCUT2D eigenvalue weighted by Crippen LogP contribution is -2.32. The fourth-order valence-corrected chi connectivity index (χ4v) is 3.73. The van der Waals surface area contributed by atoms with Crippen molar-refractivity contribution in [3.63, 3.8) is 0 Å². The summed E-state index contributed by atoms with van der Waals surface area (Å²) in [7, 11) is 0. The van der Waals surface area contributed by atoms with E-state index in [9.17, 15) is 14.4 Å². The Balaban J connectivity index is 1.45. The number of amides is 2. The predicted octanol–water partition coefficient (Wildman–Crippen LogP) is 3.10. The summed E-state index contributed by atoms with van der Waals surface area (Å²) in [6, 6.07) is 17.8. The zero-order chi connectivity index (χ0) is 23.4. The van der Waals surface area contributed by atoms with Crippen molar-refractivity contribution in [2.45, 2.75) is 33.5 Å². The van der Waals surface area contributed by atoms with E-state index in [1.807, 2.05) is 55.5 Å². The van der Waals surface area contributed by atoms with Gasteiger partial charge in [-0.15, -0.1) is 0 Å². The minimum absolute atomic E-state index is 0.174. The molecule has 0 aliphatic rings. The van der Waals surface area contributed by atoms with Crippen LogP contribution in [0.2, 0.25) is 0 Å². The van der Waals surface area contributed by atoms with Crippen LogP contribution in [0.15, 0.2) is 71.7 Å². The number of aromatic nitrogens is 3. The molecule has 0 saturated carbocycles. The summed E-state index contributed by atoms with van der Waals surface area (Å²) in [5.74, 6) is 0.221. The molecule has 0 unspecified atom stereocenters. The summed E-state index contributed by atoms with van der Waals surface area (Å²) in [5, 5.41) is 5.62. The minimum atomic E-state index is -0.376. The van der Waals surface area contributed by atoms with Gasteiger partial charge >= 0.3 is 0 Å². The highest BCUT2D eigenvalue weighted by atomic mass is 16.2. The Morgan fingerprint density at radius 3 is 2.58 bits per heavy atom. The molecule has 0 radical (unpaired) electrons. The third-order valence-electron chi connectivity index (χ3n) is 5.41. The normalized spacial score (nSPS) is 10.8. The average molecular weight is 444 g/mol. The Morgan fingerprint density at radius 1 is 1.03 bits per heavy atom. The number of anilines is 1. The molecule has 0 spiro atoms. The SMILES string of the molecule is CCn1c(C)nc2cc(NC(=O)c3ccc(=O)n(CC(=O)NCc4ccccc4)c3)ccc21. The first-order valence-electron chi connectivity index (χ1n) is 10.7. The van der Waals surface area contributed by atoms with Crippen molar-refractivity contribution in [3.05, 3.63) is 94.2 Å². The van der Waals surface area contributed by atoms with E-state index in [0.29, 0.717) is 12.2 Å². The Bertz CT molecular complexity index is 1370. The molecule has 0 aliphatic heterocycles. The number of hydrogen-bond acceptors (Lipinski definition) is 4. The van der Waals surface area contributed by atoms with E-state index in [1.54, 1.807) is 0 Å². The van der Waals surface area contributed by atoms with Crippen LogP contribution in [0.5, 0.6) is 0 Å². The molecule has 0 aliphatic carbocycles. The van der Waals surface area contributed by atoms with Gasteiger partial charge in [0.15, 0.2) is 0 Å². The van der Waals surface area contributed by atoms with Gasteiger partial charge in [-0.3, -0.25) is 14.4 Å². The van der Waals surface area contributed by atoms with Gasteiger partial charge in [-0.2, -0.15) is 0 Å². The Kier molecular flexibility index (Phi) is 6.35. The second-order valence-corrected chi connectivity index (χ2v) is 7.71. The Morgan fingerprint density at radius 2 is 1.82 bits per heavy atom. The monoisotopic (exact) mass is 443 g/mol. The molecule has 2 amide bonds. The van der Waals surface area contributed by atoms with Crippen molar-refractivity contribution < 1.29 is 9.59 Å². The fraction of sp³-hybridized carbons (Fsp3) is 0.200. The molecule has 0 saturated heterocycles. The number of rotatable bonds is 7. The lowest BCUT2D eigenvalue weighted by Gasteiger charge is -2.10. The second-order valence-electron chi connectivity index (χ2n) is 7.71. The van der Waals surface area contributed by atoms with Crippen LogP contribution in [-0.4, -0.2) is 25.9 Å². The number of carbonyl (C=O) groups is 2. The van der Waals surface area contributed by atoms with E-state index in [4.69, 9.17) is 0 Å². The summed E-state index contributed by atoms with van der Waals surface area (Å²) in [6.07, 6.45) is 1.40. The van der Waals surface area contributed by atoms with Crippen LogP contribution in [0.3, 0.4) is 0 Å². The van der Waals surface area contributed by atoms with E-state index in [-0.39, 0.29) is 29.5 Å². The molecule has 0 bridgehead atoms. The van der Waals surface area contributed by atoms with E-state index < -0.39 is 0 Å². The second kappa shape index (κ2) is 9.52. The fourth-order valence-electron chi connectivity index (χ4n) is 3.73. The van der Waals surface area contributed by atoms with Gasteiger partial charge in [0, 0.05) is 31.0 Å². The zero-order valence-electron chi connectivity index (χ0n) is 18.5. The quantitative estimate of drug-likeness (QED) is 0.459. The molecule has 0 atom stereocenters. The van der Waals surface area contributed by atoms with Gasteiger partial charge in [-0.05, 0) is 43.7 Å². The van der Waals surface area contributed by atoms with Gasteiger partial charge in [-0.1, -0.05) is 30.3 Å². The first-order chi connectivity index (χ1) is 15.9. The van der Waals surface area contributed by atoms with Crippen LogP contribution in [0.25, 0.3) is 11.0 Å². The molecule has 168 valence electrons. The summed E-state index contributed by atoms with van der Waals surface area (Å²) >= 11 is 0. The van der Waals surface area contributed by atoms with Gasteiger partial charge in [0.05, 0.1) is 16.6 Å². The van der Waals surface area contributed by atoms with Gasteiger partial charge < -0.3 is 19.8 Å². The minimum Gasteiger partial charge on any atom is -0.350 e. The molecule has 4 rings (SSSR count). The lowest BCUT2D eigenvalue weighted by molar-refractivity contribution is -0.121. The standard InChI is InChI=1S/C25H25N5O3/c1-3-30-17(2)27-21-13-20(10-11-22(21)30)28-25(33)19-9-12-24(32)29(15-19)16-23(31)26-14-18-7-5-4-6-8-18/h4-13,15H,3,14,16H2,1-2H3,(H,26,31)(H,28,33). The van der Waals surface area contributed by atoms with Gasteiger partial charge in [-0.25, -0.2) is 4.98 Å². The maximum Gasteiger partial charge on any atom is 0.257 e. The summed E-state index contributed by atoms with van der Waals surface area (Å²) in [4.78, 5) is 41.9. The Hall–Kier alpha value is -4.20. The zero-order valence-corrected chi connectivity index (χ0v) is 18.5. The average Bonchev–Trinajstić information content (AvgIpc) is 3.13. The predicted molar refractivity (Wildman–Crippen MR) is 127 cm³/mol. The summed E-state index contributed by atoms with van der Waals surface area (Å²) < 4.78 is 3.32. The van der Waals surface area contributed by atoms with Crippen LogP contribution < -0.4 is 16.2 Å². The number of benzene rings is 2. The molecule has 2 aromatic heterocycles. The number of aryl methyl sites for hydroxylation is 2. The third-order valence-corrected chi connectivity index (χ3v) is 5.41. The lowest BCUT2D eigenvalue weighted by atomic mass is 10.2. The summed E-state index contributed by atoms with van der Waals surface area (Å²) in [5.41, 5.74) is 3.29. The third kappa shape index (κ3) is 5.01. The molecule has 33 heavy (non-hydrogen) atoms. The maximum atomic E-state index is 12.8. The number of nitrogens with one attached hydrogen (secondary N) is 2. The van der Waals surface area contributed by atoms with Crippen molar-refractivity contribution in [1.82, 2.24) is 19.4 Å². The van der Waals surface area contributed by atoms with Crippen LogP contribution in [0, 0.1) is 6.92 Å². The number of nitrogens with zero attached hydrogens (tertiary/aromatic N) is 3. The summed E-state index contributed by atoms with van der Waals surface area (Å²) in [6.45, 7) is 5.01. The molecule has 2 heterocycles. The molecule has 4 aromatic rings. The van der Waals surface area contributed by atoms with Crippen molar-refractivity contribution >= 4 is 28.5 Å². The van der Waals surface area contributed by atoms with Crippen LogP contribution >= 0.6 is 0 Å². The molecule has 8 heteroatoms. The van der Waals surface area contributed by atoms with Crippen molar-refractivity contribution in [1.29, 1.82) is 0 Å². The number of fused-ring (bicyclic) bond motifs is 1. The molecular formula is C25H25N5O3. The van der Waals surface area contributed by atoms with E-state index in [1.165, 1.54) is 22.9 Å². The number of imidazole rings is 1. The molecule has 2 aromatic carbocycles. The molecule has 2 N–H and O–H groups in total. The van der Waals surface area contributed by atoms with E-state index in [0.717, 1.165) is 29.0 Å². The van der Waals surface area contributed by atoms with Crippen molar-refractivity contribution in [2.24, 2.45) is 0 Å². The molecule has 8 nitrogen and oxygen atoms in total. The number of hydrogen-bond donors (Lipinski definition) is 2. The van der Waals surface area contributed by atoms with Gasteiger partial charge in [0.1, 0.15) is 12.4 Å². The topological polar surface area (TPSA) is 98.0 Å². The van der Waals surface area contributed by atoms with E-state index >= 15 is 0 Å². The highest BCUT2D eigenvalue weighted by Crippen LogP contribution is 2.20.